The van der Waals surface area contributed by atoms with Crippen molar-refractivity contribution < 1.29 is 0 Å². The van der Waals surface area contributed by atoms with Gasteiger partial charge in [-0.1, -0.05) is 172 Å². The summed E-state index contributed by atoms with van der Waals surface area (Å²) >= 11 is 10.3. The molecule has 3 atom stereocenters. The summed E-state index contributed by atoms with van der Waals surface area (Å²) in [7, 11) is 0. The van der Waals surface area contributed by atoms with Crippen molar-refractivity contribution in [3.05, 3.63) is 36.5 Å². The lowest BCUT2D eigenvalue weighted by Crippen LogP contribution is -2.29. The largest absolute Gasteiger partial charge is 0.169 e. The number of allylic oxidation sites excluding steroid dienone is 4. The normalized spacial score (nSPS) is 18.5. The molecular formula is C41H78S2. The van der Waals surface area contributed by atoms with Gasteiger partial charge in [0.2, 0.25) is 0 Å². The molecule has 0 fully saturated rings. The molecule has 0 heterocycles. The van der Waals surface area contributed by atoms with E-state index < -0.39 is 0 Å². The van der Waals surface area contributed by atoms with Crippen LogP contribution < -0.4 is 0 Å². The summed E-state index contributed by atoms with van der Waals surface area (Å²) in [6, 6.07) is 0. The Kier molecular flexibility index (Phi) is 16.1. The van der Waals surface area contributed by atoms with Gasteiger partial charge in [-0.3, -0.25) is 0 Å². The molecule has 3 unspecified atom stereocenters. The maximum atomic E-state index is 5.18. The molecule has 43 heavy (non-hydrogen) atoms. The molecule has 0 saturated heterocycles. The zero-order valence-electron chi connectivity index (χ0n) is 32.3. The molecule has 0 aliphatic rings. The Labute approximate surface area is 284 Å². The minimum atomic E-state index is -0.195. The highest BCUT2D eigenvalue weighted by Crippen LogP contribution is 2.44. The lowest BCUT2D eigenvalue weighted by molar-refractivity contribution is 0.145. The van der Waals surface area contributed by atoms with Crippen LogP contribution in [-0.4, -0.2) is 9.49 Å². The molecule has 0 aliphatic carbocycles. The van der Waals surface area contributed by atoms with Crippen LogP contribution in [0, 0.1) is 38.4 Å². The van der Waals surface area contributed by atoms with Crippen LogP contribution >= 0.6 is 25.3 Å². The third-order valence-electron chi connectivity index (χ3n) is 9.12. The van der Waals surface area contributed by atoms with Crippen LogP contribution in [0.4, 0.5) is 0 Å². The summed E-state index contributed by atoms with van der Waals surface area (Å²) in [6.07, 6.45) is 25.5. The summed E-state index contributed by atoms with van der Waals surface area (Å²) in [5.74, 6) is 0.740. The summed E-state index contributed by atoms with van der Waals surface area (Å²) in [5.41, 5.74) is 1.02. The molecule has 0 radical (unpaired) electrons. The highest BCUT2D eigenvalue weighted by Gasteiger charge is 2.34. The number of hydrogen-bond donors (Lipinski definition) is 2. The second-order valence-corrected chi connectivity index (χ2v) is 21.7. The van der Waals surface area contributed by atoms with Crippen molar-refractivity contribution >= 4 is 25.3 Å². The van der Waals surface area contributed by atoms with Crippen LogP contribution in [0.2, 0.25) is 0 Å². The van der Waals surface area contributed by atoms with Crippen LogP contribution in [0.3, 0.4) is 0 Å². The first kappa shape index (κ1) is 42.9. The summed E-state index contributed by atoms with van der Waals surface area (Å²) in [4.78, 5) is 0. The molecule has 0 rings (SSSR count). The van der Waals surface area contributed by atoms with E-state index in [0.29, 0.717) is 10.8 Å². The van der Waals surface area contributed by atoms with E-state index in [9.17, 15) is 0 Å². The molecule has 0 aromatic carbocycles. The van der Waals surface area contributed by atoms with Gasteiger partial charge in [-0.2, -0.15) is 25.3 Å². The first-order valence-electron chi connectivity index (χ1n) is 17.5. The van der Waals surface area contributed by atoms with E-state index in [4.69, 9.17) is 25.3 Å². The standard InChI is InChI=1S/C41H78S2/c1-18-19-20-21-22-33(2)39(14,15)30-36(8,9)23-24-37(10,11)31-41(17,43)28-26-38(12,13)32-40(16,42)27-25-35(6,7)29-34(3,4)5/h23-28,33,42-43H,18-22,29-32H2,1-17H3/b24-23-,27-25-,28-26-. The van der Waals surface area contributed by atoms with Crippen molar-refractivity contribution in [1.29, 1.82) is 0 Å². The monoisotopic (exact) mass is 635 g/mol. The Hall–Kier alpha value is -0.0800. The SMILES string of the molecule is CCCCCCC(C)C(C)(C)CC(C)(C)/C=C\C(C)(C)CC(C)(S)/C=C\C(C)(C)CC(C)(S)/C=C\C(C)(C)CC(C)(C)C. The summed E-state index contributed by atoms with van der Waals surface area (Å²) < 4.78 is -0.372. The smallest absolute Gasteiger partial charge is 0.0288 e. The lowest BCUT2D eigenvalue weighted by Gasteiger charge is -2.39. The molecule has 0 nitrogen and oxygen atoms in total. The molecule has 0 bridgehead atoms. The van der Waals surface area contributed by atoms with E-state index in [1.807, 2.05) is 0 Å². The molecule has 0 aliphatic heterocycles. The predicted molar refractivity (Wildman–Crippen MR) is 207 cm³/mol. The number of thiol groups is 2. The zero-order chi connectivity index (χ0) is 34.2. The second-order valence-electron chi connectivity index (χ2n) is 19.7. The van der Waals surface area contributed by atoms with Crippen molar-refractivity contribution in [3.8, 4) is 0 Å². The highest BCUT2D eigenvalue weighted by atomic mass is 32.1. The maximum Gasteiger partial charge on any atom is 0.0288 e. The Balaban J connectivity index is 5.40. The van der Waals surface area contributed by atoms with E-state index in [1.165, 1.54) is 38.5 Å². The Morgan fingerprint density at radius 1 is 0.465 bits per heavy atom. The fourth-order valence-corrected chi connectivity index (χ4v) is 8.41. The molecule has 2 heteroatoms. The highest BCUT2D eigenvalue weighted by molar-refractivity contribution is 7.82. The molecule has 0 N–H and O–H groups in total. The van der Waals surface area contributed by atoms with Gasteiger partial charge in [0.1, 0.15) is 0 Å². The van der Waals surface area contributed by atoms with E-state index in [0.717, 1.165) is 25.2 Å². The minimum absolute atomic E-state index is 0.0137. The predicted octanol–water partition coefficient (Wildman–Crippen LogP) is 14.4. The Morgan fingerprint density at radius 2 is 0.814 bits per heavy atom. The number of hydrogen-bond acceptors (Lipinski definition) is 2. The molecule has 0 saturated carbocycles. The van der Waals surface area contributed by atoms with Crippen LogP contribution in [0.5, 0.6) is 0 Å². The molecule has 0 aromatic rings. The second kappa shape index (κ2) is 16.2. The topological polar surface area (TPSA) is 0 Å². The van der Waals surface area contributed by atoms with Crippen molar-refractivity contribution in [1.82, 2.24) is 0 Å². The van der Waals surface area contributed by atoms with Gasteiger partial charge in [0.15, 0.2) is 0 Å². The number of unbranched alkanes of at least 4 members (excludes halogenated alkanes) is 3. The Morgan fingerprint density at radius 3 is 1.19 bits per heavy atom. The fraction of sp³-hybridized carbons (Fsp3) is 0.854. The first-order chi connectivity index (χ1) is 18.9. The fourth-order valence-electron chi connectivity index (χ4n) is 7.44. The van der Waals surface area contributed by atoms with Crippen LogP contribution in [0.25, 0.3) is 0 Å². The van der Waals surface area contributed by atoms with E-state index in [-0.39, 0.29) is 31.2 Å². The van der Waals surface area contributed by atoms with Gasteiger partial charge in [-0.05, 0) is 77.9 Å². The molecule has 0 amide bonds. The van der Waals surface area contributed by atoms with Gasteiger partial charge >= 0.3 is 0 Å². The average Bonchev–Trinajstić information content (AvgIpc) is 2.75. The molecule has 0 spiro atoms. The van der Waals surface area contributed by atoms with Crippen molar-refractivity contribution in [3.63, 3.8) is 0 Å². The van der Waals surface area contributed by atoms with Crippen LogP contribution in [0.1, 0.15) is 175 Å². The van der Waals surface area contributed by atoms with Crippen molar-refractivity contribution in [2.75, 3.05) is 0 Å². The zero-order valence-corrected chi connectivity index (χ0v) is 34.1. The van der Waals surface area contributed by atoms with E-state index in [2.05, 4.69) is 154 Å². The van der Waals surface area contributed by atoms with Crippen molar-refractivity contribution in [2.45, 2.75) is 185 Å². The maximum absolute atomic E-state index is 5.18. The summed E-state index contributed by atoms with van der Waals surface area (Å²) in [5, 5.41) is 0. The molecular weight excluding hydrogens is 557 g/mol. The Bertz CT molecular complexity index is 896. The van der Waals surface area contributed by atoms with Gasteiger partial charge in [-0.25, -0.2) is 0 Å². The van der Waals surface area contributed by atoms with Gasteiger partial charge in [0, 0.05) is 9.49 Å². The lowest BCUT2D eigenvalue weighted by atomic mass is 9.67. The minimum Gasteiger partial charge on any atom is -0.169 e. The third kappa shape index (κ3) is 20.6. The van der Waals surface area contributed by atoms with Gasteiger partial charge < -0.3 is 0 Å². The number of rotatable bonds is 19. The van der Waals surface area contributed by atoms with Gasteiger partial charge in [-0.15, -0.1) is 0 Å². The quantitative estimate of drug-likeness (QED) is 0.0788. The third-order valence-corrected chi connectivity index (χ3v) is 9.74. The average molecular weight is 635 g/mol. The van der Waals surface area contributed by atoms with E-state index >= 15 is 0 Å². The van der Waals surface area contributed by atoms with Gasteiger partial charge in [0.25, 0.3) is 0 Å². The first-order valence-corrected chi connectivity index (χ1v) is 18.4. The van der Waals surface area contributed by atoms with Crippen molar-refractivity contribution in [2.24, 2.45) is 38.4 Å². The molecule has 254 valence electrons. The van der Waals surface area contributed by atoms with E-state index in [1.54, 1.807) is 0 Å². The van der Waals surface area contributed by atoms with Crippen LogP contribution in [-0.2, 0) is 0 Å². The molecule has 0 aromatic heterocycles. The van der Waals surface area contributed by atoms with Crippen LogP contribution in [0.15, 0.2) is 36.5 Å². The summed E-state index contributed by atoms with van der Waals surface area (Å²) in [6.45, 7) is 40.1. The van der Waals surface area contributed by atoms with Gasteiger partial charge in [0.05, 0.1) is 0 Å².